The molecule has 0 aliphatic heterocycles. The molecular weight excluding hydrogens is 291 g/mol. The number of nitrogens with one attached hydrogen (secondary N) is 1. The summed E-state index contributed by atoms with van der Waals surface area (Å²) in [5, 5.41) is 4.17. The fraction of sp³-hybridized carbons (Fsp3) is 0.429. The Labute approximate surface area is 127 Å². The molecule has 2 rings (SSSR count). The van der Waals surface area contributed by atoms with E-state index in [0.29, 0.717) is 5.56 Å². The van der Waals surface area contributed by atoms with E-state index in [0.717, 1.165) is 10.6 Å². The quantitative estimate of drug-likeness (QED) is 0.670. The van der Waals surface area contributed by atoms with Crippen LogP contribution < -0.4 is 16.0 Å². The minimum Gasteiger partial charge on any atom is -0.494 e. The van der Waals surface area contributed by atoms with Crippen LogP contribution in [0, 0.1) is 5.82 Å². The number of hydrogen-bond acceptors (Lipinski definition) is 6. The van der Waals surface area contributed by atoms with Gasteiger partial charge in [-0.05, 0) is 17.6 Å². The molecule has 1 unspecified atom stereocenters. The molecule has 0 aliphatic carbocycles. The number of ether oxygens (including phenoxy) is 1. The average molecular weight is 310 g/mol. The number of hydrogen-bond donors (Lipinski definition) is 2. The third-order valence-electron chi connectivity index (χ3n) is 3.18. The molecular formula is C14H19FN4OS. The van der Waals surface area contributed by atoms with Crippen molar-refractivity contribution in [3.05, 3.63) is 40.2 Å². The van der Waals surface area contributed by atoms with Gasteiger partial charge in [0.25, 0.3) is 0 Å². The van der Waals surface area contributed by atoms with Gasteiger partial charge >= 0.3 is 0 Å². The Hall–Kier alpha value is -1.57. The summed E-state index contributed by atoms with van der Waals surface area (Å²) >= 11 is 1.22. The molecule has 0 saturated carbocycles. The maximum atomic E-state index is 14.5. The van der Waals surface area contributed by atoms with Gasteiger partial charge in [0.05, 0.1) is 23.7 Å². The van der Waals surface area contributed by atoms with Crippen molar-refractivity contribution in [2.75, 3.05) is 7.11 Å². The lowest BCUT2D eigenvalue weighted by Crippen LogP contribution is -2.31. The van der Waals surface area contributed by atoms with Crippen LogP contribution in [0.2, 0.25) is 0 Å². The van der Waals surface area contributed by atoms with E-state index in [4.69, 9.17) is 10.6 Å². The molecule has 0 saturated heterocycles. The molecule has 2 aromatic rings. The van der Waals surface area contributed by atoms with Crippen LogP contribution in [-0.2, 0) is 5.41 Å². The van der Waals surface area contributed by atoms with Crippen LogP contribution in [0.1, 0.15) is 42.9 Å². The van der Waals surface area contributed by atoms with Crippen molar-refractivity contribution >= 4 is 11.5 Å². The van der Waals surface area contributed by atoms with Crippen molar-refractivity contribution < 1.29 is 9.13 Å². The molecule has 1 atom stereocenters. The van der Waals surface area contributed by atoms with Gasteiger partial charge < -0.3 is 4.74 Å². The fourth-order valence-corrected chi connectivity index (χ4v) is 3.07. The number of rotatable bonds is 4. The monoisotopic (exact) mass is 310 g/mol. The number of hydrazine groups is 1. The largest absolute Gasteiger partial charge is 0.494 e. The second-order valence-electron chi connectivity index (χ2n) is 5.70. The molecule has 0 fully saturated rings. The zero-order valence-corrected chi connectivity index (χ0v) is 13.3. The molecule has 1 aromatic carbocycles. The van der Waals surface area contributed by atoms with Gasteiger partial charge in [-0.1, -0.05) is 37.4 Å². The number of methoxy groups -OCH3 is 1. The lowest BCUT2D eigenvalue weighted by molar-refractivity contribution is 0.381. The van der Waals surface area contributed by atoms with Crippen LogP contribution in [0.25, 0.3) is 0 Å². The molecule has 114 valence electrons. The summed E-state index contributed by atoms with van der Waals surface area (Å²) in [6.07, 6.45) is 0. The maximum absolute atomic E-state index is 14.5. The standard InChI is InChI=1S/C14H19FN4OS/c1-14(2,3)13-12(21-19-18-13)11(17-16)8-6-5-7-9(20-4)10(8)15/h5-7,11,17H,16H2,1-4H3. The van der Waals surface area contributed by atoms with Crippen molar-refractivity contribution in [1.82, 2.24) is 15.0 Å². The van der Waals surface area contributed by atoms with Gasteiger partial charge in [0.1, 0.15) is 0 Å². The highest BCUT2D eigenvalue weighted by Gasteiger charge is 2.29. The zero-order valence-electron chi connectivity index (χ0n) is 12.5. The van der Waals surface area contributed by atoms with Gasteiger partial charge in [-0.3, -0.25) is 5.84 Å². The van der Waals surface area contributed by atoms with E-state index >= 15 is 0 Å². The predicted molar refractivity (Wildman–Crippen MR) is 80.7 cm³/mol. The summed E-state index contributed by atoms with van der Waals surface area (Å²) in [6.45, 7) is 6.09. The predicted octanol–water partition coefficient (Wildman–Crippen LogP) is 2.54. The molecule has 1 aromatic heterocycles. The van der Waals surface area contributed by atoms with Crippen molar-refractivity contribution in [2.24, 2.45) is 5.84 Å². The zero-order chi connectivity index (χ0) is 15.6. The third-order valence-corrected chi connectivity index (χ3v) is 3.97. The summed E-state index contributed by atoms with van der Waals surface area (Å²) in [4.78, 5) is 0.803. The second kappa shape index (κ2) is 6.05. The van der Waals surface area contributed by atoms with Crippen LogP contribution in [0.15, 0.2) is 18.2 Å². The molecule has 21 heavy (non-hydrogen) atoms. The smallest absolute Gasteiger partial charge is 0.170 e. The van der Waals surface area contributed by atoms with Gasteiger partial charge in [0.15, 0.2) is 11.6 Å². The SMILES string of the molecule is COc1cccc(C(NN)c2snnc2C(C)(C)C)c1F. The summed E-state index contributed by atoms with van der Waals surface area (Å²) in [5.41, 5.74) is 3.67. The number of benzene rings is 1. The van der Waals surface area contributed by atoms with Gasteiger partial charge in [-0.25, -0.2) is 9.82 Å². The van der Waals surface area contributed by atoms with Crippen molar-refractivity contribution in [3.63, 3.8) is 0 Å². The molecule has 7 heteroatoms. The van der Waals surface area contributed by atoms with Crippen LogP contribution in [0.5, 0.6) is 5.75 Å². The maximum Gasteiger partial charge on any atom is 0.170 e. The van der Waals surface area contributed by atoms with Crippen LogP contribution in [0.4, 0.5) is 4.39 Å². The summed E-state index contributed by atoms with van der Waals surface area (Å²) in [6, 6.07) is 4.46. The van der Waals surface area contributed by atoms with Crippen LogP contribution >= 0.6 is 11.5 Å². The Balaban J connectivity index is 2.54. The minimum atomic E-state index is -0.519. The first-order valence-corrected chi connectivity index (χ1v) is 7.28. The molecule has 0 radical (unpaired) electrons. The van der Waals surface area contributed by atoms with E-state index in [1.165, 1.54) is 18.6 Å². The van der Waals surface area contributed by atoms with Gasteiger partial charge in [-0.2, -0.15) is 0 Å². The molecule has 3 N–H and O–H groups in total. The lowest BCUT2D eigenvalue weighted by atomic mass is 9.89. The normalized spacial score (nSPS) is 13.2. The van der Waals surface area contributed by atoms with Crippen molar-refractivity contribution in [2.45, 2.75) is 32.2 Å². The van der Waals surface area contributed by atoms with E-state index in [1.54, 1.807) is 18.2 Å². The minimum absolute atomic E-state index is 0.183. The first-order chi connectivity index (χ1) is 9.90. The number of aromatic nitrogens is 2. The Morgan fingerprint density at radius 1 is 1.38 bits per heavy atom. The fourth-order valence-electron chi connectivity index (χ4n) is 2.12. The number of nitrogens with two attached hydrogens (primary N) is 1. The first kappa shape index (κ1) is 15.8. The Morgan fingerprint density at radius 2 is 2.10 bits per heavy atom. The third kappa shape index (κ3) is 3.04. The molecule has 0 spiro atoms. The summed E-state index contributed by atoms with van der Waals surface area (Å²) in [5.74, 6) is 5.41. The highest BCUT2D eigenvalue weighted by Crippen LogP contribution is 2.35. The Kier molecular flexibility index (Phi) is 4.55. The topological polar surface area (TPSA) is 73.1 Å². The van der Waals surface area contributed by atoms with Crippen molar-refractivity contribution in [3.8, 4) is 5.75 Å². The lowest BCUT2D eigenvalue weighted by Gasteiger charge is -2.22. The van der Waals surface area contributed by atoms with E-state index in [-0.39, 0.29) is 11.2 Å². The van der Waals surface area contributed by atoms with E-state index in [2.05, 4.69) is 15.0 Å². The summed E-state index contributed by atoms with van der Waals surface area (Å²) < 4.78 is 23.5. The van der Waals surface area contributed by atoms with Gasteiger partial charge in [0, 0.05) is 11.0 Å². The molecule has 0 aliphatic rings. The molecule has 0 bridgehead atoms. The molecule has 5 nitrogen and oxygen atoms in total. The molecule has 0 amide bonds. The highest BCUT2D eigenvalue weighted by atomic mass is 32.1. The van der Waals surface area contributed by atoms with Crippen LogP contribution in [-0.4, -0.2) is 16.7 Å². The van der Waals surface area contributed by atoms with E-state index in [9.17, 15) is 4.39 Å². The van der Waals surface area contributed by atoms with Gasteiger partial charge in [-0.15, -0.1) is 5.10 Å². The average Bonchev–Trinajstić information content (AvgIpc) is 2.91. The summed E-state index contributed by atoms with van der Waals surface area (Å²) in [7, 11) is 1.43. The van der Waals surface area contributed by atoms with Gasteiger partial charge in [0.2, 0.25) is 0 Å². The van der Waals surface area contributed by atoms with Crippen LogP contribution in [0.3, 0.4) is 0 Å². The molecule has 1 heterocycles. The van der Waals surface area contributed by atoms with E-state index in [1.807, 2.05) is 20.8 Å². The Morgan fingerprint density at radius 3 is 2.67 bits per heavy atom. The van der Waals surface area contributed by atoms with Crippen molar-refractivity contribution in [1.29, 1.82) is 0 Å². The number of halogens is 1. The van der Waals surface area contributed by atoms with E-state index < -0.39 is 11.9 Å². The first-order valence-electron chi connectivity index (χ1n) is 6.51. The highest BCUT2D eigenvalue weighted by molar-refractivity contribution is 7.05. The Bertz CT molecular complexity index is 624. The second-order valence-corrected chi connectivity index (χ2v) is 6.48. The number of nitrogens with zero attached hydrogens (tertiary/aromatic N) is 2.